The van der Waals surface area contributed by atoms with Crippen LogP contribution < -0.4 is 0 Å². The van der Waals surface area contributed by atoms with Gasteiger partial charge in [0.15, 0.2) is 6.04 Å². The fourth-order valence-electron chi connectivity index (χ4n) is 2.28. The summed E-state index contributed by atoms with van der Waals surface area (Å²) in [6, 6.07) is 15.4. The Kier molecular flexibility index (Phi) is 4.72. The second-order valence-electron chi connectivity index (χ2n) is 4.86. The quantitative estimate of drug-likeness (QED) is 0.829. The van der Waals surface area contributed by atoms with Gasteiger partial charge in [-0.2, -0.15) is 0 Å². The van der Waals surface area contributed by atoms with Gasteiger partial charge in [0.1, 0.15) is 0 Å². The van der Waals surface area contributed by atoms with E-state index in [4.69, 9.17) is 0 Å². The highest BCUT2D eigenvalue weighted by atomic mass is 16.4. The molecule has 0 heterocycles. The zero-order valence-corrected chi connectivity index (χ0v) is 11.8. The lowest BCUT2D eigenvalue weighted by Crippen LogP contribution is -2.32. The van der Waals surface area contributed by atoms with Crippen LogP contribution in [0.2, 0.25) is 0 Å². The lowest BCUT2D eigenvalue weighted by atomic mass is 10.0. The number of rotatable bonds is 6. The van der Waals surface area contributed by atoms with Crippen molar-refractivity contribution in [2.75, 3.05) is 0 Å². The van der Waals surface area contributed by atoms with E-state index in [-0.39, 0.29) is 6.54 Å². The van der Waals surface area contributed by atoms with Crippen LogP contribution in [0.3, 0.4) is 0 Å². The third-order valence-corrected chi connectivity index (χ3v) is 3.43. The largest absolute Gasteiger partial charge is 0.479 e. The minimum absolute atomic E-state index is 0.266. The minimum Gasteiger partial charge on any atom is -0.479 e. The molecule has 0 aromatic heterocycles. The zero-order chi connectivity index (χ0) is 15.2. The molecule has 2 aromatic rings. The number of benzene rings is 2. The molecule has 1 atom stereocenters. The number of carboxylic acids is 1. The van der Waals surface area contributed by atoms with Gasteiger partial charge in [-0.25, -0.2) is 4.79 Å². The molecule has 2 aromatic carbocycles. The molecule has 2 rings (SSSR count). The molecular formula is C17H17NO3. The van der Waals surface area contributed by atoms with Gasteiger partial charge in [0.05, 0.1) is 0 Å². The smallest absolute Gasteiger partial charge is 0.331 e. The summed E-state index contributed by atoms with van der Waals surface area (Å²) in [6.07, 6.45) is 0.595. The number of amides is 1. The van der Waals surface area contributed by atoms with Crippen LogP contribution in [-0.2, 0) is 16.1 Å². The Morgan fingerprint density at radius 1 is 1.14 bits per heavy atom. The highest BCUT2D eigenvalue weighted by Crippen LogP contribution is 2.22. The van der Waals surface area contributed by atoms with Gasteiger partial charge in [-0.3, -0.25) is 4.79 Å². The Labute approximate surface area is 123 Å². The molecular weight excluding hydrogens is 266 g/mol. The van der Waals surface area contributed by atoms with Gasteiger partial charge in [-0.15, -0.1) is 0 Å². The van der Waals surface area contributed by atoms with E-state index in [0.29, 0.717) is 12.0 Å². The Hall–Kier alpha value is -2.62. The van der Waals surface area contributed by atoms with Crippen molar-refractivity contribution in [1.82, 2.24) is 4.90 Å². The first kappa shape index (κ1) is 14.8. The number of aliphatic carboxylic acids is 1. The maximum atomic E-state index is 11.6. The van der Waals surface area contributed by atoms with E-state index >= 15 is 0 Å². The van der Waals surface area contributed by atoms with Gasteiger partial charge in [-0.1, -0.05) is 54.6 Å². The molecule has 0 saturated carbocycles. The lowest BCUT2D eigenvalue weighted by Gasteiger charge is -2.26. The van der Waals surface area contributed by atoms with Crippen LogP contribution in [0.5, 0.6) is 0 Å². The van der Waals surface area contributed by atoms with E-state index in [2.05, 4.69) is 0 Å². The number of carbonyl (C=O) groups excluding carboxylic acids is 1. The molecule has 0 aliphatic carbocycles. The molecule has 0 aliphatic rings. The van der Waals surface area contributed by atoms with Crippen molar-refractivity contribution in [3.05, 3.63) is 71.3 Å². The molecule has 0 aliphatic heterocycles. The summed E-state index contributed by atoms with van der Waals surface area (Å²) in [7, 11) is 0. The van der Waals surface area contributed by atoms with Crippen molar-refractivity contribution in [2.24, 2.45) is 0 Å². The molecule has 1 N–H and O–H groups in total. The SMILES string of the molecule is Cc1ccccc1CN(C=O)C(C(=O)O)c1ccccc1. The molecule has 4 heteroatoms. The van der Waals surface area contributed by atoms with Crippen molar-refractivity contribution >= 4 is 12.4 Å². The van der Waals surface area contributed by atoms with E-state index in [1.54, 1.807) is 24.3 Å². The van der Waals surface area contributed by atoms with Crippen molar-refractivity contribution in [2.45, 2.75) is 19.5 Å². The summed E-state index contributed by atoms with van der Waals surface area (Å²) < 4.78 is 0. The Balaban J connectivity index is 2.31. The number of carboxylic acid groups (broad SMARTS) is 1. The third kappa shape index (κ3) is 3.48. The highest BCUT2D eigenvalue weighted by Gasteiger charge is 2.26. The molecule has 0 radical (unpaired) electrons. The lowest BCUT2D eigenvalue weighted by molar-refractivity contribution is -0.147. The number of nitrogens with zero attached hydrogens (tertiary/aromatic N) is 1. The van der Waals surface area contributed by atoms with Crippen molar-refractivity contribution < 1.29 is 14.7 Å². The Morgan fingerprint density at radius 2 is 1.76 bits per heavy atom. The fraction of sp³-hybridized carbons (Fsp3) is 0.176. The molecule has 0 fully saturated rings. The summed E-state index contributed by atoms with van der Waals surface area (Å²) in [5, 5.41) is 9.47. The van der Waals surface area contributed by atoms with Crippen LogP contribution in [0.15, 0.2) is 54.6 Å². The van der Waals surface area contributed by atoms with Crippen LogP contribution in [0.25, 0.3) is 0 Å². The first-order valence-electron chi connectivity index (χ1n) is 6.66. The maximum Gasteiger partial charge on any atom is 0.331 e. The summed E-state index contributed by atoms with van der Waals surface area (Å²) in [5.74, 6) is -1.04. The van der Waals surface area contributed by atoms with Crippen LogP contribution in [0, 0.1) is 6.92 Å². The predicted octanol–water partition coefficient (Wildman–Crippen LogP) is 2.78. The van der Waals surface area contributed by atoms with Gasteiger partial charge in [0.25, 0.3) is 0 Å². The Morgan fingerprint density at radius 3 is 2.33 bits per heavy atom. The average Bonchev–Trinajstić information content (AvgIpc) is 2.49. The van der Waals surface area contributed by atoms with E-state index in [1.165, 1.54) is 4.90 Å². The second-order valence-corrected chi connectivity index (χ2v) is 4.86. The van der Waals surface area contributed by atoms with Crippen LogP contribution in [0.4, 0.5) is 0 Å². The summed E-state index contributed by atoms with van der Waals surface area (Å²) in [5.41, 5.74) is 2.55. The van der Waals surface area contributed by atoms with Crippen LogP contribution in [-0.4, -0.2) is 22.4 Å². The Bertz CT molecular complexity index is 625. The molecule has 1 amide bonds. The number of carbonyl (C=O) groups is 2. The standard InChI is InChI=1S/C17H17NO3/c1-13-7-5-6-10-15(13)11-18(12-19)16(17(20)21)14-8-3-2-4-9-14/h2-10,12,16H,11H2,1H3,(H,20,21). The van der Waals surface area contributed by atoms with E-state index in [9.17, 15) is 14.7 Å². The summed E-state index contributed by atoms with van der Waals surface area (Å²) in [6.45, 7) is 2.21. The molecule has 1 unspecified atom stereocenters. The van der Waals surface area contributed by atoms with Crippen molar-refractivity contribution in [1.29, 1.82) is 0 Å². The van der Waals surface area contributed by atoms with E-state index in [1.807, 2.05) is 37.3 Å². The molecule has 0 saturated heterocycles. The van der Waals surface area contributed by atoms with Crippen molar-refractivity contribution in [3.8, 4) is 0 Å². The average molecular weight is 283 g/mol. The van der Waals surface area contributed by atoms with Gasteiger partial charge < -0.3 is 10.0 Å². The predicted molar refractivity (Wildman–Crippen MR) is 79.6 cm³/mol. The highest BCUT2D eigenvalue weighted by molar-refractivity contribution is 5.78. The summed E-state index contributed by atoms with van der Waals surface area (Å²) in [4.78, 5) is 24.3. The normalized spacial score (nSPS) is 11.7. The number of aryl methyl sites for hydroxylation is 1. The van der Waals surface area contributed by atoms with Gasteiger partial charge in [-0.05, 0) is 23.6 Å². The zero-order valence-electron chi connectivity index (χ0n) is 11.8. The van der Waals surface area contributed by atoms with Gasteiger partial charge in [0, 0.05) is 6.54 Å². The first-order valence-corrected chi connectivity index (χ1v) is 6.66. The maximum absolute atomic E-state index is 11.6. The molecule has 21 heavy (non-hydrogen) atoms. The summed E-state index contributed by atoms with van der Waals surface area (Å²) >= 11 is 0. The van der Waals surface area contributed by atoms with E-state index < -0.39 is 12.0 Å². The molecule has 4 nitrogen and oxygen atoms in total. The van der Waals surface area contributed by atoms with Crippen LogP contribution >= 0.6 is 0 Å². The van der Waals surface area contributed by atoms with Gasteiger partial charge >= 0.3 is 5.97 Å². The fourth-order valence-corrected chi connectivity index (χ4v) is 2.28. The molecule has 0 bridgehead atoms. The minimum atomic E-state index is -1.04. The molecule has 108 valence electrons. The number of hydrogen-bond acceptors (Lipinski definition) is 2. The van der Waals surface area contributed by atoms with Gasteiger partial charge in [0.2, 0.25) is 6.41 Å². The number of hydrogen-bond donors (Lipinski definition) is 1. The van der Waals surface area contributed by atoms with E-state index in [0.717, 1.165) is 11.1 Å². The third-order valence-electron chi connectivity index (χ3n) is 3.43. The monoisotopic (exact) mass is 283 g/mol. The van der Waals surface area contributed by atoms with Crippen LogP contribution in [0.1, 0.15) is 22.7 Å². The topological polar surface area (TPSA) is 57.6 Å². The van der Waals surface area contributed by atoms with Crippen molar-refractivity contribution in [3.63, 3.8) is 0 Å². The first-order chi connectivity index (χ1) is 10.1. The second kappa shape index (κ2) is 6.70. The molecule has 0 spiro atoms.